The number of hydrogen-bond acceptors (Lipinski definition) is 4. The van der Waals surface area contributed by atoms with Gasteiger partial charge in [0.25, 0.3) is 0 Å². The van der Waals surface area contributed by atoms with Crippen LogP contribution in [0.5, 0.6) is 0 Å². The van der Waals surface area contributed by atoms with Crippen LogP contribution in [0.25, 0.3) is 5.78 Å². The molecule has 0 aromatic carbocycles. The van der Waals surface area contributed by atoms with Crippen LogP contribution in [0.3, 0.4) is 0 Å². The number of anilines is 1. The number of nitrogens with one attached hydrogen (secondary N) is 1. The third-order valence-electron chi connectivity index (χ3n) is 2.08. The van der Waals surface area contributed by atoms with Gasteiger partial charge in [0.05, 0.1) is 0 Å². The molecule has 0 amide bonds. The highest BCUT2D eigenvalue weighted by molar-refractivity contribution is 7.99. The monoisotopic (exact) mass is 222 g/mol. The van der Waals surface area contributed by atoms with Crippen LogP contribution < -0.4 is 5.32 Å². The first-order valence-corrected chi connectivity index (χ1v) is 5.90. The molecule has 2 aromatic heterocycles. The molecule has 2 aromatic rings. The third-order valence-corrected chi connectivity index (χ3v) is 3.04. The van der Waals surface area contributed by atoms with Crippen molar-refractivity contribution in [1.29, 1.82) is 0 Å². The highest BCUT2D eigenvalue weighted by Gasteiger charge is 2.11. The van der Waals surface area contributed by atoms with E-state index in [1.807, 2.05) is 24.6 Å². The first-order chi connectivity index (χ1) is 7.26. The molecule has 0 saturated carbocycles. The maximum absolute atomic E-state index is 4.41. The van der Waals surface area contributed by atoms with Crippen molar-refractivity contribution in [3.8, 4) is 0 Å². The molecule has 2 heterocycles. The Morgan fingerprint density at radius 2 is 2.33 bits per heavy atom. The first-order valence-electron chi connectivity index (χ1n) is 4.91. The molecular weight excluding hydrogens is 208 g/mol. The summed E-state index contributed by atoms with van der Waals surface area (Å²) in [6.07, 6.45) is 3.90. The average Bonchev–Trinajstić information content (AvgIpc) is 2.57. The molecule has 2 rings (SSSR count). The Hall–Kier alpha value is -1.23. The van der Waals surface area contributed by atoms with E-state index < -0.39 is 0 Å². The minimum atomic E-state index is 0.751. The number of imidazole rings is 1. The largest absolute Gasteiger partial charge is 0.371 e. The van der Waals surface area contributed by atoms with E-state index >= 15 is 0 Å². The molecule has 80 valence electrons. The Kier molecular flexibility index (Phi) is 2.81. The second kappa shape index (κ2) is 4.10. The van der Waals surface area contributed by atoms with Gasteiger partial charge in [0, 0.05) is 19.4 Å². The van der Waals surface area contributed by atoms with Crippen molar-refractivity contribution in [2.24, 2.45) is 0 Å². The lowest BCUT2D eigenvalue weighted by molar-refractivity contribution is 0.995. The molecule has 0 aliphatic carbocycles. The quantitative estimate of drug-likeness (QED) is 0.808. The molecule has 0 atom stereocenters. The molecule has 0 spiro atoms. The van der Waals surface area contributed by atoms with E-state index in [4.69, 9.17) is 0 Å². The molecule has 4 nitrogen and oxygen atoms in total. The maximum atomic E-state index is 4.41. The van der Waals surface area contributed by atoms with Crippen molar-refractivity contribution < 1.29 is 0 Å². The van der Waals surface area contributed by atoms with E-state index in [0.717, 1.165) is 27.9 Å². The molecule has 0 saturated heterocycles. The van der Waals surface area contributed by atoms with Crippen LogP contribution in [0.2, 0.25) is 0 Å². The fraction of sp³-hybridized carbons (Fsp3) is 0.400. The minimum Gasteiger partial charge on any atom is -0.371 e. The summed E-state index contributed by atoms with van der Waals surface area (Å²) in [5.41, 5.74) is 1.14. The van der Waals surface area contributed by atoms with Gasteiger partial charge in [0.2, 0.25) is 5.78 Å². The number of rotatable bonds is 3. The summed E-state index contributed by atoms with van der Waals surface area (Å²) in [4.78, 5) is 8.70. The molecule has 0 radical (unpaired) electrons. The summed E-state index contributed by atoms with van der Waals surface area (Å²) in [5, 5.41) is 4.23. The van der Waals surface area contributed by atoms with E-state index in [0.29, 0.717) is 0 Å². The molecule has 15 heavy (non-hydrogen) atoms. The van der Waals surface area contributed by atoms with E-state index in [9.17, 15) is 0 Å². The Labute approximate surface area is 93.1 Å². The summed E-state index contributed by atoms with van der Waals surface area (Å²) in [5.74, 6) is 2.68. The molecule has 0 unspecified atom stereocenters. The van der Waals surface area contributed by atoms with Gasteiger partial charge in [-0.1, -0.05) is 6.92 Å². The Morgan fingerprint density at radius 1 is 1.53 bits per heavy atom. The first kappa shape index (κ1) is 10.3. The Morgan fingerprint density at radius 3 is 3.00 bits per heavy atom. The summed E-state index contributed by atoms with van der Waals surface area (Å²) < 4.78 is 2.04. The van der Waals surface area contributed by atoms with Crippen molar-refractivity contribution in [3.05, 3.63) is 18.0 Å². The predicted molar refractivity (Wildman–Crippen MR) is 63.7 cm³/mol. The molecule has 5 heteroatoms. The highest BCUT2D eigenvalue weighted by Crippen LogP contribution is 2.27. The van der Waals surface area contributed by atoms with Crippen molar-refractivity contribution in [3.63, 3.8) is 0 Å². The lowest BCUT2D eigenvalue weighted by Gasteiger charge is -2.01. The van der Waals surface area contributed by atoms with Gasteiger partial charge in [-0.3, -0.25) is 4.40 Å². The van der Waals surface area contributed by atoms with E-state index in [-0.39, 0.29) is 0 Å². The average molecular weight is 222 g/mol. The lowest BCUT2D eigenvalue weighted by Crippen LogP contribution is -1.93. The smallest absolute Gasteiger partial charge is 0.236 e. The SMILES string of the molecule is CCSc1c(NC)nc2ncc(C)cn12. The van der Waals surface area contributed by atoms with Gasteiger partial charge in [-0.15, -0.1) is 11.8 Å². The zero-order valence-corrected chi connectivity index (χ0v) is 9.93. The van der Waals surface area contributed by atoms with Gasteiger partial charge in [0.15, 0.2) is 5.82 Å². The van der Waals surface area contributed by atoms with Gasteiger partial charge in [-0.25, -0.2) is 4.98 Å². The summed E-state index contributed by atoms with van der Waals surface area (Å²) >= 11 is 1.77. The zero-order chi connectivity index (χ0) is 10.8. The second-order valence-electron chi connectivity index (χ2n) is 3.25. The molecule has 0 aliphatic heterocycles. The number of aryl methyl sites for hydroxylation is 1. The van der Waals surface area contributed by atoms with Crippen LogP contribution in [0.4, 0.5) is 5.82 Å². The molecule has 1 N–H and O–H groups in total. The van der Waals surface area contributed by atoms with E-state index in [1.54, 1.807) is 11.8 Å². The van der Waals surface area contributed by atoms with Crippen LogP contribution in [0.15, 0.2) is 17.4 Å². The fourth-order valence-corrected chi connectivity index (χ4v) is 2.28. The topological polar surface area (TPSA) is 42.2 Å². The van der Waals surface area contributed by atoms with Crippen molar-refractivity contribution in [2.45, 2.75) is 18.9 Å². The molecular formula is C10H14N4S. The summed E-state index contributed by atoms with van der Waals surface area (Å²) in [6.45, 7) is 4.17. The van der Waals surface area contributed by atoms with Gasteiger partial charge in [0.1, 0.15) is 5.03 Å². The van der Waals surface area contributed by atoms with Crippen molar-refractivity contribution in [2.75, 3.05) is 18.1 Å². The third kappa shape index (κ3) is 1.79. The van der Waals surface area contributed by atoms with Gasteiger partial charge < -0.3 is 5.32 Å². The van der Waals surface area contributed by atoms with Crippen LogP contribution in [0, 0.1) is 6.92 Å². The molecule has 0 bridgehead atoms. The van der Waals surface area contributed by atoms with Crippen molar-refractivity contribution >= 4 is 23.4 Å². The summed E-state index contributed by atoms with van der Waals surface area (Å²) in [7, 11) is 1.88. The standard InChI is InChI=1S/C10H14N4S/c1-4-15-9-8(11-3)13-10-12-5-7(2)6-14(9)10/h5-6,11H,4H2,1-3H3. The fourth-order valence-electron chi connectivity index (χ4n) is 1.45. The van der Waals surface area contributed by atoms with Gasteiger partial charge in [-0.2, -0.15) is 4.98 Å². The van der Waals surface area contributed by atoms with Crippen LogP contribution >= 0.6 is 11.8 Å². The Bertz CT molecular complexity index is 477. The molecule has 0 fully saturated rings. The number of thioether (sulfide) groups is 1. The second-order valence-corrected chi connectivity index (χ2v) is 4.50. The Balaban J connectivity index is 2.65. The molecule has 0 aliphatic rings. The van der Waals surface area contributed by atoms with E-state index in [2.05, 4.69) is 28.4 Å². The minimum absolute atomic E-state index is 0.751. The van der Waals surface area contributed by atoms with Crippen LogP contribution in [0.1, 0.15) is 12.5 Å². The maximum Gasteiger partial charge on any atom is 0.236 e. The highest BCUT2D eigenvalue weighted by atomic mass is 32.2. The normalized spacial score (nSPS) is 10.9. The summed E-state index contributed by atoms with van der Waals surface area (Å²) in [6, 6.07) is 0. The number of hydrogen-bond donors (Lipinski definition) is 1. The van der Waals surface area contributed by atoms with Gasteiger partial charge in [-0.05, 0) is 18.2 Å². The van der Waals surface area contributed by atoms with Crippen LogP contribution in [-0.4, -0.2) is 27.2 Å². The number of nitrogens with zero attached hydrogens (tertiary/aromatic N) is 3. The predicted octanol–water partition coefficient (Wildman–Crippen LogP) is 2.19. The van der Waals surface area contributed by atoms with Gasteiger partial charge >= 0.3 is 0 Å². The van der Waals surface area contributed by atoms with E-state index in [1.165, 1.54) is 0 Å². The zero-order valence-electron chi connectivity index (χ0n) is 9.11. The van der Waals surface area contributed by atoms with Crippen molar-refractivity contribution in [1.82, 2.24) is 14.4 Å². The lowest BCUT2D eigenvalue weighted by atomic mass is 10.4. The number of fused-ring (bicyclic) bond motifs is 1. The van der Waals surface area contributed by atoms with Crippen LogP contribution in [-0.2, 0) is 0 Å². The number of aromatic nitrogens is 3.